The lowest BCUT2D eigenvalue weighted by atomic mass is 10.0. The van der Waals surface area contributed by atoms with E-state index in [-0.39, 0.29) is 6.54 Å². The highest BCUT2D eigenvalue weighted by atomic mass is 32.2. The maximum atomic E-state index is 11.7. The minimum atomic E-state index is -2.30. The van der Waals surface area contributed by atoms with Crippen LogP contribution in [0.4, 0.5) is 17.3 Å². The molecule has 11 nitrogen and oxygen atoms in total. The van der Waals surface area contributed by atoms with Crippen molar-refractivity contribution in [3.63, 3.8) is 0 Å². The first-order valence-corrected chi connectivity index (χ1v) is 15.9. The van der Waals surface area contributed by atoms with E-state index in [9.17, 15) is 8.76 Å². The lowest BCUT2D eigenvalue weighted by Gasteiger charge is -2.40. The van der Waals surface area contributed by atoms with Gasteiger partial charge in [-0.1, -0.05) is 31.2 Å². The Hall–Kier alpha value is -3.55. The fraction of sp³-hybridized carbons (Fsp3) is 0.419. The molecule has 0 radical (unpaired) electrons. The third-order valence-electron chi connectivity index (χ3n) is 8.43. The molecule has 2 aromatic heterocycles. The molecule has 0 saturated carbocycles. The summed E-state index contributed by atoms with van der Waals surface area (Å²) >= 11 is -2.30. The van der Waals surface area contributed by atoms with E-state index >= 15 is 0 Å². The van der Waals surface area contributed by atoms with Gasteiger partial charge in [0.1, 0.15) is 5.75 Å². The number of nitrogens with zero attached hydrogens (tertiary/aromatic N) is 6. The summed E-state index contributed by atoms with van der Waals surface area (Å²) in [6.07, 6.45) is 4.05. The third kappa shape index (κ3) is 6.53. The van der Waals surface area contributed by atoms with Crippen molar-refractivity contribution in [3.8, 4) is 17.0 Å². The molecule has 4 heterocycles. The number of morpholine rings is 1. The SMILES string of the molecule is CCN(Cc1ccccc1-c1ccc2cnc(Nc3ccc(N4CCC(N5CCOCC5)CC4)cc3OC)nn12)S(=O)[O-]. The number of ether oxygens (including phenoxy) is 2. The zero-order valence-electron chi connectivity index (χ0n) is 24.6. The number of piperidine rings is 1. The maximum absolute atomic E-state index is 11.7. The van der Waals surface area contributed by atoms with E-state index in [1.165, 1.54) is 4.31 Å². The number of aromatic nitrogens is 3. The van der Waals surface area contributed by atoms with Gasteiger partial charge >= 0.3 is 0 Å². The van der Waals surface area contributed by atoms with Crippen LogP contribution < -0.4 is 15.0 Å². The lowest BCUT2D eigenvalue weighted by Crippen LogP contribution is -2.49. The maximum Gasteiger partial charge on any atom is 0.245 e. The number of fused-ring (bicyclic) bond motifs is 1. The fourth-order valence-electron chi connectivity index (χ4n) is 6.06. The van der Waals surface area contributed by atoms with Crippen LogP contribution in [-0.2, 0) is 22.5 Å². The summed E-state index contributed by atoms with van der Waals surface area (Å²) in [4.78, 5) is 9.55. The molecule has 0 spiro atoms. The van der Waals surface area contributed by atoms with Crippen LogP contribution in [0.5, 0.6) is 5.75 Å². The molecule has 2 aliphatic heterocycles. The molecule has 2 saturated heterocycles. The topological polar surface area (TPSA) is 111 Å². The Kier molecular flexibility index (Phi) is 9.20. The largest absolute Gasteiger partial charge is 0.760 e. The van der Waals surface area contributed by atoms with Crippen LogP contribution in [0.1, 0.15) is 25.3 Å². The Labute approximate surface area is 254 Å². The predicted molar refractivity (Wildman–Crippen MR) is 167 cm³/mol. The molecule has 43 heavy (non-hydrogen) atoms. The van der Waals surface area contributed by atoms with Crippen LogP contribution in [-0.4, -0.2) is 91.7 Å². The molecule has 1 unspecified atom stereocenters. The molecular formula is C31H38N7O4S-. The minimum absolute atomic E-state index is 0.278. The smallest absolute Gasteiger partial charge is 0.245 e. The molecule has 1 N–H and O–H groups in total. The molecule has 2 aliphatic rings. The first-order chi connectivity index (χ1) is 21.0. The van der Waals surface area contributed by atoms with E-state index in [2.05, 4.69) is 32.2 Å². The highest BCUT2D eigenvalue weighted by molar-refractivity contribution is 7.76. The molecule has 228 valence electrons. The van der Waals surface area contributed by atoms with E-state index in [0.717, 1.165) is 91.7 Å². The van der Waals surface area contributed by atoms with E-state index in [4.69, 9.17) is 14.6 Å². The van der Waals surface area contributed by atoms with Gasteiger partial charge < -0.3 is 24.2 Å². The Bertz CT molecular complexity index is 1570. The highest BCUT2D eigenvalue weighted by Crippen LogP contribution is 2.33. The molecule has 2 aromatic carbocycles. The van der Waals surface area contributed by atoms with Gasteiger partial charge in [0.05, 0.1) is 43.4 Å². The van der Waals surface area contributed by atoms with Crippen LogP contribution in [0.15, 0.2) is 60.8 Å². The average Bonchev–Trinajstić information content (AvgIpc) is 3.47. The Morgan fingerprint density at radius 2 is 1.88 bits per heavy atom. The predicted octanol–water partition coefficient (Wildman–Crippen LogP) is 4.07. The van der Waals surface area contributed by atoms with Gasteiger partial charge in [-0.25, -0.2) is 13.8 Å². The summed E-state index contributed by atoms with van der Waals surface area (Å²) in [5.41, 5.74) is 5.41. The van der Waals surface area contributed by atoms with E-state index in [0.29, 0.717) is 18.5 Å². The van der Waals surface area contributed by atoms with Crippen molar-refractivity contribution in [2.24, 2.45) is 0 Å². The highest BCUT2D eigenvalue weighted by Gasteiger charge is 2.26. The number of hydrogen-bond donors (Lipinski definition) is 1. The first-order valence-electron chi connectivity index (χ1n) is 14.8. The van der Waals surface area contributed by atoms with Crippen molar-refractivity contribution in [1.82, 2.24) is 23.8 Å². The van der Waals surface area contributed by atoms with Crippen molar-refractivity contribution >= 4 is 34.1 Å². The third-order valence-corrected chi connectivity index (χ3v) is 9.23. The van der Waals surface area contributed by atoms with Gasteiger partial charge in [0.15, 0.2) is 0 Å². The van der Waals surface area contributed by atoms with Gasteiger partial charge in [-0.2, -0.15) is 0 Å². The van der Waals surface area contributed by atoms with E-state index < -0.39 is 11.3 Å². The average molecular weight is 605 g/mol. The van der Waals surface area contributed by atoms with Gasteiger partial charge in [0.25, 0.3) is 0 Å². The molecule has 0 amide bonds. The Morgan fingerprint density at radius 3 is 2.63 bits per heavy atom. The van der Waals surface area contributed by atoms with Crippen LogP contribution >= 0.6 is 0 Å². The fourth-order valence-corrected chi connectivity index (χ4v) is 6.52. The number of benzene rings is 2. The number of hydrogen-bond acceptors (Lipinski definition) is 9. The molecule has 6 rings (SSSR count). The standard InChI is InChI=1S/C31H39N7O4S/c1-3-37(43(39)40)22-23-6-4-5-7-27(23)29-11-9-26-21-32-31(34-38(26)29)33-28-10-8-25(20-30(28)41-2)35-14-12-24(13-15-35)36-16-18-42-19-17-36/h4-11,20-21,24H,3,12-19,22H2,1-2H3,(H,33,34)(H,39,40)/p-1. The van der Waals surface area contributed by atoms with Gasteiger partial charge in [-0.05, 0) is 42.7 Å². The molecule has 4 aromatic rings. The number of anilines is 3. The van der Waals surface area contributed by atoms with Crippen molar-refractivity contribution in [1.29, 1.82) is 0 Å². The second-order valence-electron chi connectivity index (χ2n) is 10.8. The Morgan fingerprint density at radius 1 is 1.09 bits per heavy atom. The number of rotatable bonds is 10. The zero-order chi connectivity index (χ0) is 29.8. The molecule has 2 fully saturated rings. The monoisotopic (exact) mass is 604 g/mol. The molecule has 0 aliphatic carbocycles. The second kappa shape index (κ2) is 13.4. The van der Waals surface area contributed by atoms with Crippen LogP contribution in [0, 0.1) is 0 Å². The normalized spacial score (nSPS) is 17.4. The second-order valence-corrected chi connectivity index (χ2v) is 11.8. The van der Waals surface area contributed by atoms with Crippen molar-refractivity contribution in [2.45, 2.75) is 32.4 Å². The summed E-state index contributed by atoms with van der Waals surface area (Å²) < 4.78 is 37.9. The molecule has 0 bridgehead atoms. The zero-order valence-corrected chi connectivity index (χ0v) is 25.5. The van der Waals surface area contributed by atoms with Crippen LogP contribution in [0.3, 0.4) is 0 Å². The van der Waals surface area contributed by atoms with Gasteiger partial charge in [0.2, 0.25) is 5.95 Å². The minimum Gasteiger partial charge on any atom is -0.760 e. The van der Waals surface area contributed by atoms with E-state index in [1.807, 2.05) is 53.9 Å². The first kappa shape index (κ1) is 29.5. The summed E-state index contributed by atoms with van der Waals surface area (Å²) in [5, 5.41) is 8.14. The summed E-state index contributed by atoms with van der Waals surface area (Å²) in [6, 6.07) is 18.6. The molecule has 1 atom stereocenters. The van der Waals surface area contributed by atoms with Gasteiger partial charge in [0, 0.05) is 73.9 Å². The van der Waals surface area contributed by atoms with Crippen LogP contribution in [0.25, 0.3) is 16.8 Å². The summed E-state index contributed by atoms with van der Waals surface area (Å²) in [5.74, 6) is 1.15. The Balaban J connectivity index is 1.20. The van der Waals surface area contributed by atoms with E-state index in [1.54, 1.807) is 13.3 Å². The van der Waals surface area contributed by atoms with Gasteiger partial charge in [-0.3, -0.25) is 9.11 Å². The number of nitrogens with one attached hydrogen (secondary N) is 1. The number of methoxy groups -OCH3 is 1. The molecular weight excluding hydrogens is 566 g/mol. The lowest BCUT2D eigenvalue weighted by molar-refractivity contribution is 0.0115. The van der Waals surface area contributed by atoms with Crippen LogP contribution in [0.2, 0.25) is 0 Å². The quantitative estimate of drug-likeness (QED) is 0.268. The van der Waals surface area contributed by atoms with Crippen molar-refractivity contribution < 1.29 is 18.2 Å². The van der Waals surface area contributed by atoms with Crippen molar-refractivity contribution in [3.05, 3.63) is 66.4 Å². The van der Waals surface area contributed by atoms with Crippen molar-refractivity contribution in [2.75, 3.05) is 63.3 Å². The summed E-state index contributed by atoms with van der Waals surface area (Å²) in [7, 11) is 1.68. The molecule has 12 heteroatoms. The van der Waals surface area contributed by atoms with Gasteiger partial charge in [-0.15, -0.1) is 5.10 Å². The summed E-state index contributed by atoms with van der Waals surface area (Å²) in [6.45, 7) is 8.26.